The molecule has 2 aromatic carbocycles. The third-order valence-electron chi connectivity index (χ3n) is 2.44. The van der Waals surface area contributed by atoms with Crippen LogP contribution in [0.1, 0.15) is 5.56 Å². The summed E-state index contributed by atoms with van der Waals surface area (Å²) in [6.07, 6.45) is 1.23. The zero-order valence-electron chi connectivity index (χ0n) is 10.2. The number of halogens is 1. The Morgan fingerprint density at radius 2 is 1.75 bits per heavy atom. The molecule has 20 heavy (non-hydrogen) atoms. The van der Waals surface area contributed by atoms with E-state index in [9.17, 15) is 13.5 Å². The van der Waals surface area contributed by atoms with Gasteiger partial charge < -0.3 is 5.11 Å². The molecule has 0 heterocycles. The van der Waals surface area contributed by atoms with E-state index >= 15 is 0 Å². The summed E-state index contributed by atoms with van der Waals surface area (Å²) in [6.45, 7) is 0. The Morgan fingerprint density at radius 1 is 1.10 bits per heavy atom. The highest BCUT2D eigenvalue weighted by molar-refractivity contribution is 7.89. The second-order valence-electron chi connectivity index (χ2n) is 3.87. The van der Waals surface area contributed by atoms with Crippen LogP contribution in [0, 0.1) is 0 Å². The summed E-state index contributed by atoms with van der Waals surface area (Å²) >= 11 is 5.69. The topological polar surface area (TPSA) is 78.8 Å². The monoisotopic (exact) mass is 310 g/mol. The number of para-hydroxylation sites is 1. The largest absolute Gasteiger partial charge is 0.507 e. The van der Waals surface area contributed by atoms with Gasteiger partial charge in [0, 0.05) is 10.6 Å². The van der Waals surface area contributed by atoms with Crippen LogP contribution in [0.5, 0.6) is 5.75 Å². The molecule has 104 valence electrons. The molecule has 0 unspecified atom stereocenters. The lowest BCUT2D eigenvalue weighted by atomic mass is 10.2. The van der Waals surface area contributed by atoms with E-state index in [-0.39, 0.29) is 10.6 Å². The molecule has 0 bridgehead atoms. The summed E-state index contributed by atoms with van der Waals surface area (Å²) in [6, 6.07) is 12.1. The van der Waals surface area contributed by atoms with Gasteiger partial charge in [-0.3, -0.25) is 0 Å². The SMILES string of the molecule is O=S(=O)(N/N=C/c1ccccc1O)c1ccc(Cl)cc1. The number of sulfonamides is 1. The van der Waals surface area contributed by atoms with E-state index in [0.717, 1.165) is 0 Å². The van der Waals surface area contributed by atoms with Crippen LogP contribution in [0.4, 0.5) is 0 Å². The number of rotatable bonds is 4. The van der Waals surface area contributed by atoms with Gasteiger partial charge in [0.25, 0.3) is 10.0 Å². The first-order valence-electron chi connectivity index (χ1n) is 5.57. The van der Waals surface area contributed by atoms with Gasteiger partial charge in [0.2, 0.25) is 0 Å². The van der Waals surface area contributed by atoms with Crippen LogP contribution in [0.25, 0.3) is 0 Å². The standard InChI is InChI=1S/C13H11ClN2O3S/c14-11-5-7-12(8-6-11)20(18,19)16-15-9-10-3-1-2-4-13(10)17/h1-9,16-17H/b15-9+. The van der Waals surface area contributed by atoms with Crippen LogP contribution in [0.15, 0.2) is 58.5 Å². The van der Waals surface area contributed by atoms with Crippen molar-refractivity contribution in [3.05, 3.63) is 59.1 Å². The Morgan fingerprint density at radius 3 is 2.40 bits per heavy atom. The van der Waals surface area contributed by atoms with Gasteiger partial charge in [0.1, 0.15) is 5.75 Å². The van der Waals surface area contributed by atoms with Crippen LogP contribution in [0.2, 0.25) is 5.02 Å². The lowest BCUT2D eigenvalue weighted by molar-refractivity contribution is 0.474. The van der Waals surface area contributed by atoms with Gasteiger partial charge in [-0.25, -0.2) is 4.83 Å². The van der Waals surface area contributed by atoms with E-state index in [1.165, 1.54) is 36.5 Å². The molecule has 0 atom stereocenters. The lowest BCUT2D eigenvalue weighted by Crippen LogP contribution is -2.18. The van der Waals surface area contributed by atoms with Gasteiger partial charge in [-0.1, -0.05) is 23.7 Å². The minimum Gasteiger partial charge on any atom is -0.507 e. The molecular weight excluding hydrogens is 300 g/mol. The van der Waals surface area contributed by atoms with Gasteiger partial charge in [-0.15, -0.1) is 0 Å². The Bertz CT molecular complexity index is 728. The van der Waals surface area contributed by atoms with E-state index in [1.54, 1.807) is 18.2 Å². The number of nitrogens with one attached hydrogen (secondary N) is 1. The van der Waals surface area contributed by atoms with Crippen LogP contribution in [-0.2, 0) is 10.0 Å². The van der Waals surface area contributed by atoms with E-state index in [2.05, 4.69) is 9.93 Å². The highest BCUT2D eigenvalue weighted by Gasteiger charge is 2.11. The molecule has 0 amide bonds. The van der Waals surface area contributed by atoms with E-state index in [4.69, 9.17) is 11.6 Å². The maximum absolute atomic E-state index is 11.9. The fourth-order valence-electron chi connectivity index (χ4n) is 1.43. The molecule has 0 saturated heterocycles. The molecule has 0 radical (unpaired) electrons. The van der Waals surface area contributed by atoms with E-state index < -0.39 is 10.0 Å². The first-order chi connectivity index (χ1) is 9.49. The predicted molar refractivity (Wildman–Crippen MR) is 77.5 cm³/mol. The molecule has 0 saturated carbocycles. The van der Waals surface area contributed by atoms with Crippen molar-refractivity contribution in [2.45, 2.75) is 4.90 Å². The quantitative estimate of drug-likeness (QED) is 0.672. The number of nitrogens with zero attached hydrogens (tertiary/aromatic N) is 1. The fourth-order valence-corrected chi connectivity index (χ4v) is 2.35. The third-order valence-corrected chi connectivity index (χ3v) is 3.93. The Labute approximate surface area is 121 Å². The Hall–Kier alpha value is -2.05. The van der Waals surface area contributed by atoms with Crippen molar-refractivity contribution >= 4 is 27.8 Å². The lowest BCUT2D eigenvalue weighted by Gasteiger charge is -2.03. The summed E-state index contributed by atoms with van der Waals surface area (Å²) in [4.78, 5) is 2.11. The molecule has 2 rings (SSSR count). The molecule has 0 aromatic heterocycles. The zero-order valence-corrected chi connectivity index (χ0v) is 11.8. The van der Waals surface area contributed by atoms with Gasteiger partial charge in [-0.2, -0.15) is 13.5 Å². The average molecular weight is 311 g/mol. The van der Waals surface area contributed by atoms with Crippen molar-refractivity contribution in [3.63, 3.8) is 0 Å². The number of hydrazone groups is 1. The Kier molecular flexibility index (Phi) is 4.26. The summed E-state index contributed by atoms with van der Waals surface area (Å²) in [5, 5.41) is 13.6. The summed E-state index contributed by atoms with van der Waals surface area (Å²) in [5.74, 6) is 0.0157. The Balaban J connectivity index is 2.14. The highest BCUT2D eigenvalue weighted by atomic mass is 35.5. The van der Waals surface area contributed by atoms with Gasteiger partial charge >= 0.3 is 0 Å². The molecule has 0 aliphatic rings. The minimum atomic E-state index is -3.75. The normalized spacial score (nSPS) is 11.7. The number of phenols is 1. The molecule has 5 nitrogen and oxygen atoms in total. The maximum Gasteiger partial charge on any atom is 0.276 e. The van der Waals surface area contributed by atoms with E-state index in [0.29, 0.717) is 10.6 Å². The van der Waals surface area contributed by atoms with Crippen molar-refractivity contribution in [1.29, 1.82) is 0 Å². The average Bonchev–Trinajstić information content (AvgIpc) is 2.41. The molecule has 0 aliphatic heterocycles. The van der Waals surface area contributed by atoms with Gasteiger partial charge in [0.05, 0.1) is 11.1 Å². The second-order valence-corrected chi connectivity index (χ2v) is 5.96. The number of phenolic OH excluding ortho intramolecular Hbond substituents is 1. The third kappa shape index (κ3) is 3.49. The molecule has 2 aromatic rings. The maximum atomic E-state index is 11.9. The summed E-state index contributed by atoms with van der Waals surface area (Å²) in [7, 11) is -3.75. The number of hydrogen-bond acceptors (Lipinski definition) is 4. The molecular formula is C13H11ClN2O3S. The van der Waals surface area contributed by atoms with Crippen molar-refractivity contribution in [1.82, 2.24) is 4.83 Å². The van der Waals surface area contributed by atoms with Gasteiger partial charge in [0.15, 0.2) is 0 Å². The molecule has 0 spiro atoms. The number of benzene rings is 2. The smallest absolute Gasteiger partial charge is 0.276 e. The molecule has 0 aliphatic carbocycles. The van der Waals surface area contributed by atoms with Gasteiger partial charge in [-0.05, 0) is 36.4 Å². The van der Waals surface area contributed by atoms with Crippen molar-refractivity contribution in [3.8, 4) is 5.75 Å². The second kappa shape index (κ2) is 5.94. The zero-order chi connectivity index (χ0) is 14.6. The first kappa shape index (κ1) is 14.4. The fraction of sp³-hybridized carbons (Fsp3) is 0. The minimum absolute atomic E-state index is 0.0157. The summed E-state index contributed by atoms with van der Waals surface area (Å²) < 4.78 is 23.8. The van der Waals surface area contributed by atoms with Crippen LogP contribution < -0.4 is 4.83 Å². The van der Waals surface area contributed by atoms with Crippen LogP contribution in [0.3, 0.4) is 0 Å². The predicted octanol–water partition coefficient (Wildman–Crippen LogP) is 2.36. The van der Waals surface area contributed by atoms with E-state index in [1.807, 2.05) is 0 Å². The van der Waals surface area contributed by atoms with Crippen molar-refractivity contribution in [2.75, 3.05) is 0 Å². The first-order valence-corrected chi connectivity index (χ1v) is 7.43. The number of aromatic hydroxyl groups is 1. The van der Waals surface area contributed by atoms with Crippen molar-refractivity contribution < 1.29 is 13.5 Å². The molecule has 7 heteroatoms. The molecule has 2 N–H and O–H groups in total. The number of hydrogen-bond donors (Lipinski definition) is 2. The van der Waals surface area contributed by atoms with Crippen molar-refractivity contribution in [2.24, 2.45) is 5.10 Å². The van der Waals surface area contributed by atoms with Crippen LogP contribution in [-0.4, -0.2) is 19.7 Å². The molecule has 0 fully saturated rings. The highest BCUT2D eigenvalue weighted by Crippen LogP contribution is 2.14. The summed E-state index contributed by atoms with van der Waals surface area (Å²) in [5.41, 5.74) is 0.409. The van der Waals surface area contributed by atoms with Crippen LogP contribution >= 0.6 is 11.6 Å².